The van der Waals surface area contributed by atoms with Crippen molar-refractivity contribution in [1.29, 1.82) is 0 Å². The van der Waals surface area contributed by atoms with Crippen LogP contribution in [0.5, 0.6) is 0 Å². The number of aliphatic hydroxyl groups excluding tert-OH is 1. The van der Waals surface area contributed by atoms with Crippen molar-refractivity contribution in [3.63, 3.8) is 0 Å². The molecule has 2 atom stereocenters. The summed E-state index contributed by atoms with van der Waals surface area (Å²) in [6.45, 7) is 7.89. The first kappa shape index (κ1) is 18.7. The molecule has 1 saturated carbocycles. The number of aromatic nitrogens is 2. The van der Waals surface area contributed by atoms with Crippen LogP contribution in [0.1, 0.15) is 64.6 Å². The smallest absolute Gasteiger partial charge is 0.324 e. The minimum atomic E-state index is -0.738. The molecule has 150 valence electrons. The highest BCUT2D eigenvalue weighted by Gasteiger charge is 2.54. The molecule has 0 bridgehead atoms. The number of hydrogen-bond donors (Lipinski definition) is 2. The fourth-order valence-electron chi connectivity index (χ4n) is 4.21. The maximum absolute atomic E-state index is 12.3. The van der Waals surface area contributed by atoms with Crippen LogP contribution in [-0.4, -0.2) is 58.1 Å². The number of piperidine rings is 1. The van der Waals surface area contributed by atoms with Crippen molar-refractivity contribution in [2.24, 2.45) is 5.92 Å². The van der Waals surface area contributed by atoms with E-state index in [0.717, 1.165) is 12.8 Å². The van der Waals surface area contributed by atoms with Gasteiger partial charge >= 0.3 is 6.01 Å². The molecule has 0 radical (unpaired) electrons. The quantitative estimate of drug-likeness (QED) is 0.821. The summed E-state index contributed by atoms with van der Waals surface area (Å²) >= 11 is 0. The highest BCUT2D eigenvalue weighted by molar-refractivity contribution is 5.81. The van der Waals surface area contributed by atoms with E-state index in [1.54, 1.807) is 0 Å². The molecule has 8 nitrogen and oxygen atoms in total. The number of ether oxygens (including phenoxy) is 1. The Morgan fingerprint density at radius 3 is 2.59 bits per heavy atom. The number of carbonyl (C=O) groups is 1. The van der Waals surface area contributed by atoms with Gasteiger partial charge in [-0.2, -0.15) is 4.98 Å². The van der Waals surface area contributed by atoms with Gasteiger partial charge in [-0.05, 0) is 39.0 Å². The second-order valence-electron chi connectivity index (χ2n) is 8.82. The van der Waals surface area contributed by atoms with Gasteiger partial charge < -0.3 is 24.6 Å². The zero-order valence-corrected chi connectivity index (χ0v) is 16.4. The minimum Gasteiger partial charge on any atom is -0.388 e. The van der Waals surface area contributed by atoms with Gasteiger partial charge in [0.1, 0.15) is 6.10 Å². The fourth-order valence-corrected chi connectivity index (χ4v) is 4.21. The normalized spacial score (nSPS) is 30.7. The lowest BCUT2D eigenvalue weighted by molar-refractivity contribution is -0.198. The van der Waals surface area contributed by atoms with Crippen molar-refractivity contribution >= 4 is 11.9 Å². The molecule has 0 unspecified atom stereocenters. The standard InChI is InChI=1S/C19H30N4O4/c1-12(2)14-20-17(27-22-14)23-9-6-19(7-10-23)16(25)18(3,8-11-26-19)21-15(24)13-4-5-13/h12-13,16,25H,4-11H2,1-3H3,(H,21,24)/t16-,18+/m1/s1. The topological polar surface area (TPSA) is 101 Å². The third-order valence-corrected chi connectivity index (χ3v) is 6.30. The van der Waals surface area contributed by atoms with E-state index in [-0.39, 0.29) is 17.7 Å². The van der Waals surface area contributed by atoms with Gasteiger partial charge in [0.05, 0.1) is 11.1 Å². The fraction of sp³-hybridized carbons (Fsp3) is 0.842. The van der Waals surface area contributed by atoms with Crippen LogP contribution < -0.4 is 10.2 Å². The number of rotatable bonds is 4. The summed E-state index contributed by atoms with van der Waals surface area (Å²) in [5.74, 6) is 1.12. The lowest BCUT2D eigenvalue weighted by Crippen LogP contribution is -2.69. The molecule has 3 fully saturated rings. The van der Waals surface area contributed by atoms with E-state index < -0.39 is 17.2 Å². The van der Waals surface area contributed by atoms with Crippen LogP contribution in [0.2, 0.25) is 0 Å². The van der Waals surface area contributed by atoms with Gasteiger partial charge in [0, 0.05) is 31.5 Å². The molecule has 8 heteroatoms. The number of nitrogens with zero attached hydrogens (tertiary/aromatic N) is 3. The Bertz CT molecular complexity index is 694. The van der Waals surface area contributed by atoms with Gasteiger partial charge in [0.25, 0.3) is 0 Å². The van der Waals surface area contributed by atoms with Crippen LogP contribution in [0, 0.1) is 5.92 Å². The van der Waals surface area contributed by atoms with E-state index >= 15 is 0 Å². The van der Waals surface area contributed by atoms with Gasteiger partial charge in [-0.15, -0.1) is 0 Å². The third-order valence-electron chi connectivity index (χ3n) is 6.30. The largest absolute Gasteiger partial charge is 0.388 e. The molecular weight excluding hydrogens is 348 g/mol. The second kappa shape index (κ2) is 6.74. The van der Waals surface area contributed by atoms with E-state index in [2.05, 4.69) is 20.4 Å². The number of nitrogens with one attached hydrogen (secondary N) is 1. The summed E-state index contributed by atoms with van der Waals surface area (Å²) in [5, 5.41) is 18.3. The molecule has 2 aliphatic heterocycles. The zero-order chi connectivity index (χ0) is 19.2. The number of carbonyl (C=O) groups excluding carboxylic acids is 1. The Kier molecular flexibility index (Phi) is 4.66. The van der Waals surface area contributed by atoms with Crippen LogP contribution in [0.3, 0.4) is 0 Å². The summed E-state index contributed by atoms with van der Waals surface area (Å²) in [4.78, 5) is 18.8. The van der Waals surface area contributed by atoms with E-state index in [9.17, 15) is 9.90 Å². The number of hydrogen-bond acceptors (Lipinski definition) is 7. The van der Waals surface area contributed by atoms with Gasteiger partial charge in [0.2, 0.25) is 5.91 Å². The lowest BCUT2D eigenvalue weighted by atomic mass is 9.73. The first-order chi connectivity index (χ1) is 12.8. The first-order valence-electron chi connectivity index (χ1n) is 10.1. The number of amides is 1. The molecule has 1 aromatic rings. The first-order valence-corrected chi connectivity index (χ1v) is 10.1. The molecule has 1 aliphatic carbocycles. The predicted octanol–water partition coefficient (Wildman–Crippen LogP) is 1.60. The monoisotopic (exact) mass is 378 g/mol. The molecule has 1 spiro atoms. The third kappa shape index (κ3) is 3.45. The molecule has 4 rings (SSSR count). The summed E-state index contributed by atoms with van der Waals surface area (Å²) in [5.41, 5.74) is -1.28. The lowest BCUT2D eigenvalue weighted by Gasteiger charge is -2.53. The van der Waals surface area contributed by atoms with E-state index in [0.29, 0.717) is 50.8 Å². The minimum absolute atomic E-state index is 0.0677. The van der Waals surface area contributed by atoms with Crippen molar-refractivity contribution in [2.45, 2.75) is 76.0 Å². The van der Waals surface area contributed by atoms with Crippen LogP contribution in [0.25, 0.3) is 0 Å². The van der Waals surface area contributed by atoms with Crippen LogP contribution >= 0.6 is 0 Å². The Labute approximate surface area is 159 Å². The number of anilines is 1. The summed E-state index contributed by atoms with van der Waals surface area (Å²) < 4.78 is 11.5. The Hall–Kier alpha value is -1.67. The average Bonchev–Trinajstić information content (AvgIpc) is 3.37. The maximum Gasteiger partial charge on any atom is 0.324 e. The summed E-state index contributed by atoms with van der Waals surface area (Å²) in [6.07, 6.45) is 3.11. The maximum atomic E-state index is 12.3. The van der Waals surface area contributed by atoms with E-state index in [1.165, 1.54) is 0 Å². The van der Waals surface area contributed by atoms with Crippen molar-refractivity contribution < 1.29 is 19.2 Å². The molecule has 3 heterocycles. The summed E-state index contributed by atoms with van der Waals surface area (Å²) in [6, 6.07) is 0.531. The van der Waals surface area contributed by atoms with Crippen LogP contribution in [0.15, 0.2) is 4.52 Å². The van der Waals surface area contributed by atoms with Crippen LogP contribution in [-0.2, 0) is 9.53 Å². The molecular formula is C19H30N4O4. The summed E-state index contributed by atoms with van der Waals surface area (Å²) in [7, 11) is 0. The molecule has 2 saturated heterocycles. The Balaban J connectivity index is 1.43. The predicted molar refractivity (Wildman–Crippen MR) is 98.4 cm³/mol. The Morgan fingerprint density at radius 2 is 2.00 bits per heavy atom. The highest BCUT2D eigenvalue weighted by atomic mass is 16.5. The molecule has 1 amide bonds. The molecule has 2 N–H and O–H groups in total. The van der Waals surface area contributed by atoms with Crippen molar-refractivity contribution in [3.05, 3.63) is 5.82 Å². The molecule has 1 aromatic heterocycles. The average molecular weight is 378 g/mol. The Morgan fingerprint density at radius 1 is 1.30 bits per heavy atom. The number of aliphatic hydroxyl groups is 1. The molecule has 27 heavy (non-hydrogen) atoms. The van der Waals surface area contributed by atoms with Crippen LogP contribution in [0.4, 0.5) is 6.01 Å². The van der Waals surface area contributed by atoms with Gasteiger partial charge in [-0.1, -0.05) is 19.0 Å². The van der Waals surface area contributed by atoms with Gasteiger partial charge in [0.15, 0.2) is 5.82 Å². The SMILES string of the molecule is CC(C)c1noc(N2CCC3(CC2)OCC[C@](C)(NC(=O)C2CC2)[C@H]3O)n1. The second-order valence-corrected chi connectivity index (χ2v) is 8.82. The molecule has 3 aliphatic rings. The molecule has 0 aromatic carbocycles. The van der Waals surface area contributed by atoms with E-state index in [1.807, 2.05) is 20.8 Å². The van der Waals surface area contributed by atoms with Gasteiger partial charge in [-0.25, -0.2) is 0 Å². The van der Waals surface area contributed by atoms with Crippen molar-refractivity contribution in [3.8, 4) is 0 Å². The van der Waals surface area contributed by atoms with Gasteiger partial charge in [-0.3, -0.25) is 4.79 Å². The van der Waals surface area contributed by atoms with Crippen molar-refractivity contribution in [2.75, 3.05) is 24.6 Å². The zero-order valence-electron chi connectivity index (χ0n) is 16.4. The van der Waals surface area contributed by atoms with E-state index in [4.69, 9.17) is 9.26 Å². The highest BCUT2D eigenvalue weighted by Crippen LogP contribution is 2.41. The van der Waals surface area contributed by atoms with Crippen molar-refractivity contribution in [1.82, 2.24) is 15.5 Å².